The third kappa shape index (κ3) is 3.67. The molecule has 7 nitrogen and oxygen atoms in total. The van der Waals surface area contributed by atoms with E-state index in [-0.39, 0.29) is 27.2 Å². The average Bonchev–Trinajstić information content (AvgIpc) is 2.62. The summed E-state index contributed by atoms with van der Waals surface area (Å²) in [6.45, 7) is 0. The van der Waals surface area contributed by atoms with Crippen molar-refractivity contribution in [2.45, 2.75) is 6.18 Å². The van der Waals surface area contributed by atoms with Crippen molar-refractivity contribution in [3.63, 3.8) is 0 Å². The molecule has 3 rings (SSSR count). The van der Waals surface area contributed by atoms with Gasteiger partial charge in [0, 0.05) is 28.9 Å². The molecule has 0 aliphatic rings. The molecule has 1 heterocycles. The normalized spacial score (nSPS) is 11.4. The van der Waals surface area contributed by atoms with E-state index in [0.29, 0.717) is 0 Å². The minimum atomic E-state index is -4.58. The maximum atomic E-state index is 12.8. The van der Waals surface area contributed by atoms with Gasteiger partial charge in [-0.25, -0.2) is 0 Å². The molecule has 0 saturated heterocycles. The molecule has 2 aromatic carbocycles. The molecule has 0 radical (unpaired) electrons. The fourth-order valence-corrected chi connectivity index (χ4v) is 2.68. The van der Waals surface area contributed by atoms with E-state index in [1.54, 1.807) is 0 Å². The molecule has 144 valence electrons. The fraction of sp³-hybridized carbons (Fsp3) is 0.0588. The first-order valence-corrected chi connectivity index (χ1v) is 7.93. The number of aromatic nitrogens is 1. The molecule has 11 heteroatoms. The van der Waals surface area contributed by atoms with E-state index in [2.05, 4.69) is 10.3 Å². The summed E-state index contributed by atoms with van der Waals surface area (Å²) in [5.74, 6) is -0.889. The molecule has 28 heavy (non-hydrogen) atoms. The molecule has 0 aliphatic heterocycles. The SMILES string of the molecule is O=C(Nc1ccc(Cl)c([N+](=O)[O-])c1)c1c[nH]c2cc(C(F)(F)F)ccc2c1=O. The van der Waals surface area contributed by atoms with E-state index >= 15 is 0 Å². The highest BCUT2D eigenvalue weighted by Crippen LogP contribution is 2.30. The van der Waals surface area contributed by atoms with Crippen LogP contribution in [0.5, 0.6) is 0 Å². The maximum absolute atomic E-state index is 12.8. The molecule has 0 saturated carbocycles. The number of nitrogens with one attached hydrogen (secondary N) is 2. The van der Waals surface area contributed by atoms with Crippen LogP contribution in [0, 0.1) is 10.1 Å². The monoisotopic (exact) mass is 411 g/mol. The van der Waals surface area contributed by atoms with E-state index in [4.69, 9.17) is 11.6 Å². The zero-order chi connectivity index (χ0) is 20.6. The van der Waals surface area contributed by atoms with E-state index in [1.165, 1.54) is 12.1 Å². The quantitative estimate of drug-likeness (QED) is 0.493. The molecule has 0 fully saturated rings. The number of halogens is 4. The number of hydrogen-bond donors (Lipinski definition) is 2. The summed E-state index contributed by atoms with van der Waals surface area (Å²) < 4.78 is 38.3. The Morgan fingerprint density at radius 2 is 1.89 bits per heavy atom. The maximum Gasteiger partial charge on any atom is 0.416 e. The number of carbonyl (C=O) groups excluding carboxylic acids is 1. The number of rotatable bonds is 3. The topological polar surface area (TPSA) is 105 Å². The summed E-state index contributed by atoms with van der Waals surface area (Å²) in [4.78, 5) is 37.5. The lowest BCUT2D eigenvalue weighted by Gasteiger charge is -2.09. The van der Waals surface area contributed by atoms with Crippen molar-refractivity contribution in [3.05, 3.63) is 79.1 Å². The summed E-state index contributed by atoms with van der Waals surface area (Å²) in [6, 6.07) is 6.01. The number of carbonyl (C=O) groups is 1. The predicted octanol–water partition coefficient (Wildman–Crippen LogP) is 4.36. The van der Waals surface area contributed by atoms with Gasteiger partial charge in [-0.05, 0) is 30.3 Å². The Hall–Kier alpha value is -3.40. The van der Waals surface area contributed by atoms with E-state index in [0.717, 1.165) is 30.5 Å². The molecule has 1 amide bonds. The summed E-state index contributed by atoms with van der Waals surface area (Å²) in [5.41, 5.74) is -2.60. The number of pyridine rings is 1. The minimum absolute atomic E-state index is 0.0213. The molecule has 0 atom stereocenters. The van der Waals surface area contributed by atoms with Crippen LogP contribution < -0.4 is 10.7 Å². The number of H-pyrrole nitrogens is 1. The fourth-order valence-electron chi connectivity index (χ4n) is 2.50. The van der Waals surface area contributed by atoms with Crippen LogP contribution in [0.15, 0.2) is 47.4 Å². The number of amides is 1. The molecule has 2 N–H and O–H groups in total. The van der Waals surface area contributed by atoms with Crippen molar-refractivity contribution >= 4 is 39.8 Å². The van der Waals surface area contributed by atoms with Crippen molar-refractivity contribution in [1.82, 2.24) is 4.98 Å². The van der Waals surface area contributed by atoms with E-state index in [1.807, 2.05) is 0 Å². The van der Waals surface area contributed by atoms with Gasteiger partial charge in [0.2, 0.25) is 5.43 Å². The van der Waals surface area contributed by atoms with Crippen molar-refractivity contribution in [2.24, 2.45) is 0 Å². The number of alkyl halides is 3. The highest BCUT2D eigenvalue weighted by atomic mass is 35.5. The lowest BCUT2D eigenvalue weighted by atomic mass is 10.1. The summed E-state index contributed by atoms with van der Waals surface area (Å²) in [5, 5.41) is 13.0. The van der Waals surface area contributed by atoms with Gasteiger partial charge < -0.3 is 10.3 Å². The Morgan fingerprint density at radius 3 is 2.54 bits per heavy atom. The van der Waals surface area contributed by atoms with Crippen LogP contribution in [-0.2, 0) is 6.18 Å². The molecular weight excluding hydrogens is 403 g/mol. The first-order valence-electron chi connectivity index (χ1n) is 7.56. The van der Waals surface area contributed by atoms with Crippen molar-refractivity contribution in [2.75, 3.05) is 5.32 Å². The van der Waals surface area contributed by atoms with E-state index < -0.39 is 33.7 Å². The Bertz CT molecular complexity index is 1170. The highest BCUT2D eigenvalue weighted by Gasteiger charge is 2.30. The van der Waals surface area contributed by atoms with Gasteiger partial charge in [0.15, 0.2) is 0 Å². The summed E-state index contributed by atoms with van der Waals surface area (Å²) in [7, 11) is 0. The lowest BCUT2D eigenvalue weighted by Crippen LogP contribution is -2.22. The Labute approximate surface area is 158 Å². The number of aromatic amines is 1. The number of benzene rings is 2. The smallest absolute Gasteiger partial charge is 0.360 e. The Morgan fingerprint density at radius 1 is 1.18 bits per heavy atom. The highest BCUT2D eigenvalue weighted by molar-refractivity contribution is 6.32. The zero-order valence-electron chi connectivity index (χ0n) is 13.6. The van der Waals surface area contributed by atoms with Crippen LogP contribution in [0.3, 0.4) is 0 Å². The van der Waals surface area contributed by atoms with E-state index in [9.17, 15) is 32.9 Å². The van der Waals surface area contributed by atoms with Gasteiger partial charge in [0.05, 0.1) is 10.5 Å². The minimum Gasteiger partial charge on any atom is -0.360 e. The molecule has 1 aromatic heterocycles. The standard InChI is InChI=1S/C17H9ClF3N3O4/c18-12-4-2-9(6-14(12)24(27)28)23-16(26)11-7-22-13-5-8(17(19,20)21)1-3-10(13)15(11)25/h1-7H,(H,22,25)(H,23,26). The van der Waals surface area contributed by atoms with Crippen LogP contribution in [0.4, 0.5) is 24.5 Å². The first kappa shape index (κ1) is 19.4. The molecule has 0 bridgehead atoms. The second-order valence-electron chi connectivity index (χ2n) is 5.67. The van der Waals surface area contributed by atoms with Gasteiger partial charge >= 0.3 is 6.18 Å². The molecular formula is C17H9ClF3N3O4. The molecule has 0 unspecified atom stereocenters. The van der Waals surface area contributed by atoms with Gasteiger partial charge in [-0.15, -0.1) is 0 Å². The molecule has 0 aliphatic carbocycles. The summed E-state index contributed by atoms with van der Waals surface area (Å²) >= 11 is 5.69. The zero-order valence-corrected chi connectivity index (χ0v) is 14.4. The predicted molar refractivity (Wildman–Crippen MR) is 95.6 cm³/mol. The average molecular weight is 412 g/mol. The van der Waals surface area contributed by atoms with Crippen molar-refractivity contribution in [3.8, 4) is 0 Å². The second-order valence-corrected chi connectivity index (χ2v) is 6.07. The molecule has 0 spiro atoms. The largest absolute Gasteiger partial charge is 0.416 e. The summed E-state index contributed by atoms with van der Waals surface area (Å²) in [6.07, 6.45) is -3.60. The van der Waals surface area contributed by atoms with Gasteiger partial charge in [0.1, 0.15) is 10.6 Å². The Kier molecular flexibility index (Phi) is 4.82. The van der Waals surface area contributed by atoms with Crippen LogP contribution >= 0.6 is 11.6 Å². The lowest BCUT2D eigenvalue weighted by molar-refractivity contribution is -0.384. The number of anilines is 1. The number of nitro benzene ring substituents is 1. The van der Waals surface area contributed by atoms with Crippen LogP contribution in [0.1, 0.15) is 15.9 Å². The number of fused-ring (bicyclic) bond motifs is 1. The number of nitro groups is 1. The van der Waals surface area contributed by atoms with Gasteiger partial charge in [-0.1, -0.05) is 11.6 Å². The van der Waals surface area contributed by atoms with Crippen molar-refractivity contribution in [1.29, 1.82) is 0 Å². The Balaban J connectivity index is 1.96. The van der Waals surface area contributed by atoms with Gasteiger partial charge in [0.25, 0.3) is 11.6 Å². The first-order chi connectivity index (χ1) is 13.1. The van der Waals surface area contributed by atoms with Crippen LogP contribution in [0.2, 0.25) is 5.02 Å². The van der Waals surface area contributed by atoms with Crippen LogP contribution in [-0.4, -0.2) is 15.8 Å². The third-order valence-electron chi connectivity index (χ3n) is 3.85. The number of hydrogen-bond acceptors (Lipinski definition) is 4. The van der Waals surface area contributed by atoms with Crippen molar-refractivity contribution < 1.29 is 22.9 Å². The second kappa shape index (κ2) is 6.97. The van der Waals surface area contributed by atoms with Gasteiger partial charge in [-0.2, -0.15) is 13.2 Å². The number of nitrogens with zero attached hydrogens (tertiary/aromatic N) is 1. The van der Waals surface area contributed by atoms with Gasteiger partial charge in [-0.3, -0.25) is 19.7 Å². The van der Waals surface area contributed by atoms with Crippen LogP contribution in [0.25, 0.3) is 10.9 Å². The molecule has 3 aromatic rings. The third-order valence-corrected chi connectivity index (χ3v) is 4.17.